The summed E-state index contributed by atoms with van der Waals surface area (Å²) in [6.45, 7) is 0.961. The standard InChI is InChI=1S/C12H16FN3O/c13-9-6-8(7-14)3-4-10(9)16-5-1-2-11(16)12(15)17/h3-4,6,11H,1-2,5,7,14H2,(H2,15,17). The fourth-order valence-electron chi connectivity index (χ4n) is 2.26. The molecule has 92 valence electrons. The van der Waals surface area contributed by atoms with Gasteiger partial charge < -0.3 is 16.4 Å². The molecule has 1 fully saturated rings. The lowest BCUT2D eigenvalue weighted by molar-refractivity contribution is -0.119. The molecule has 0 radical (unpaired) electrons. The number of anilines is 1. The highest BCUT2D eigenvalue weighted by Gasteiger charge is 2.30. The third-order valence-electron chi connectivity index (χ3n) is 3.14. The zero-order valence-electron chi connectivity index (χ0n) is 9.53. The Morgan fingerprint density at radius 1 is 1.53 bits per heavy atom. The molecule has 1 unspecified atom stereocenters. The number of primary amides is 1. The molecule has 1 aromatic rings. The van der Waals surface area contributed by atoms with Gasteiger partial charge in [0, 0.05) is 13.1 Å². The second-order valence-electron chi connectivity index (χ2n) is 4.24. The zero-order chi connectivity index (χ0) is 12.4. The third kappa shape index (κ3) is 2.24. The van der Waals surface area contributed by atoms with Crippen molar-refractivity contribution in [3.8, 4) is 0 Å². The normalized spacial score (nSPS) is 19.6. The van der Waals surface area contributed by atoms with Crippen molar-refractivity contribution in [1.82, 2.24) is 0 Å². The highest BCUT2D eigenvalue weighted by molar-refractivity contribution is 5.84. The molecule has 0 saturated carbocycles. The molecule has 1 aromatic carbocycles. The number of nitrogens with two attached hydrogens (primary N) is 2. The summed E-state index contributed by atoms with van der Waals surface area (Å²) < 4.78 is 13.9. The van der Waals surface area contributed by atoms with Gasteiger partial charge in [0.25, 0.3) is 0 Å². The van der Waals surface area contributed by atoms with Gasteiger partial charge in [-0.15, -0.1) is 0 Å². The first kappa shape index (κ1) is 11.9. The molecule has 5 heteroatoms. The number of halogens is 1. The number of amides is 1. The molecule has 0 spiro atoms. The van der Waals surface area contributed by atoms with Crippen molar-refractivity contribution >= 4 is 11.6 Å². The van der Waals surface area contributed by atoms with E-state index in [4.69, 9.17) is 11.5 Å². The summed E-state index contributed by atoms with van der Waals surface area (Å²) in [6.07, 6.45) is 1.54. The van der Waals surface area contributed by atoms with Gasteiger partial charge in [-0.25, -0.2) is 4.39 Å². The summed E-state index contributed by atoms with van der Waals surface area (Å²) in [7, 11) is 0. The van der Waals surface area contributed by atoms with Crippen LogP contribution >= 0.6 is 0 Å². The molecule has 1 saturated heterocycles. The smallest absolute Gasteiger partial charge is 0.240 e. The number of benzene rings is 1. The first-order chi connectivity index (χ1) is 8.13. The Hall–Kier alpha value is -1.62. The largest absolute Gasteiger partial charge is 0.368 e. The Balaban J connectivity index is 2.30. The molecule has 4 nitrogen and oxygen atoms in total. The SMILES string of the molecule is NCc1ccc(N2CCCC2C(N)=O)c(F)c1. The van der Waals surface area contributed by atoms with Gasteiger partial charge in [0.15, 0.2) is 0 Å². The van der Waals surface area contributed by atoms with Crippen LogP contribution in [0.3, 0.4) is 0 Å². The second-order valence-corrected chi connectivity index (χ2v) is 4.24. The lowest BCUT2D eigenvalue weighted by Gasteiger charge is -2.25. The van der Waals surface area contributed by atoms with Gasteiger partial charge in [-0.3, -0.25) is 4.79 Å². The molecular formula is C12H16FN3O. The van der Waals surface area contributed by atoms with Crippen molar-refractivity contribution in [2.45, 2.75) is 25.4 Å². The number of hydrogen-bond donors (Lipinski definition) is 2. The zero-order valence-corrected chi connectivity index (χ0v) is 9.53. The van der Waals surface area contributed by atoms with Crippen LogP contribution in [0.4, 0.5) is 10.1 Å². The molecule has 2 rings (SSSR count). The summed E-state index contributed by atoms with van der Waals surface area (Å²) in [4.78, 5) is 13.0. The Bertz CT molecular complexity index is 436. The predicted octanol–water partition coefficient (Wildman–Crippen LogP) is 0.739. The Labute approximate surface area is 99.4 Å². The number of carbonyl (C=O) groups is 1. The average molecular weight is 237 g/mol. The van der Waals surface area contributed by atoms with E-state index < -0.39 is 11.9 Å². The van der Waals surface area contributed by atoms with Crippen molar-refractivity contribution in [3.63, 3.8) is 0 Å². The minimum absolute atomic E-state index is 0.302. The summed E-state index contributed by atoms with van der Waals surface area (Å²) in [5.74, 6) is -0.745. The Morgan fingerprint density at radius 3 is 2.88 bits per heavy atom. The van der Waals surface area contributed by atoms with Gasteiger partial charge in [0.05, 0.1) is 5.69 Å². The van der Waals surface area contributed by atoms with Crippen LogP contribution in [0.1, 0.15) is 18.4 Å². The fraction of sp³-hybridized carbons (Fsp3) is 0.417. The predicted molar refractivity (Wildman–Crippen MR) is 63.9 cm³/mol. The van der Waals surface area contributed by atoms with Crippen LogP contribution in [0.25, 0.3) is 0 Å². The maximum absolute atomic E-state index is 13.9. The van der Waals surface area contributed by atoms with E-state index in [1.54, 1.807) is 17.0 Å². The first-order valence-corrected chi connectivity index (χ1v) is 5.68. The molecule has 1 atom stereocenters. The van der Waals surface area contributed by atoms with Crippen LogP contribution in [0, 0.1) is 5.82 Å². The van der Waals surface area contributed by atoms with Crippen molar-refractivity contribution in [2.75, 3.05) is 11.4 Å². The molecule has 17 heavy (non-hydrogen) atoms. The van der Waals surface area contributed by atoms with E-state index in [0.717, 1.165) is 12.0 Å². The van der Waals surface area contributed by atoms with Gasteiger partial charge >= 0.3 is 0 Å². The van der Waals surface area contributed by atoms with Gasteiger partial charge in [0.2, 0.25) is 5.91 Å². The molecule has 1 aliphatic heterocycles. The number of carbonyl (C=O) groups excluding carboxylic acids is 1. The maximum Gasteiger partial charge on any atom is 0.240 e. The monoisotopic (exact) mass is 237 g/mol. The van der Waals surface area contributed by atoms with E-state index in [-0.39, 0.29) is 5.82 Å². The summed E-state index contributed by atoms with van der Waals surface area (Å²) >= 11 is 0. The Morgan fingerprint density at radius 2 is 2.29 bits per heavy atom. The van der Waals surface area contributed by atoms with Crippen LogP contribution in [0.2, 0.25) is 0 Å². The third-order valence-corrected chi connectivity index (χ3v) is 3.14. The van der Waals surface area contributed by atoms with Gasteiger partial charge in [-0.2, -0.15) is 0 Å². The van der Waals surface area contributed by atoms with Crippen LogP contribution in [0.5, 0.6) is 0 Å². The van der Waals surface area contributed by atoms with E-state index in [2.05, 4.69) is 0 Å². The summed E-state index contributed by atoms with van der Waals surface area (Å²) in [6, 6.07) is 4.45. The summed E-state index contributed by atoms with van der Waals surface area (Å²) in [5, 5.41) is 0. The fourth-order valence-corrected chi connectivity index (χ4v) is 2.26. The van der Waals surface area contributed by atoms with Crippen molar-refractivity contribution in [2.24, 2.45) is 11.5 Å². The number of hydrogen-bond acceptors (Lipinski definition) is 3. The van der Waals surface area contributed by atoms with Crippen LogP contribution in [-0.4, -0.2) is 18.5 Å². The van der Waals surface area contributed by atoms with Crippen LogP contribution in [-0.2, 0) is 11.3 Å². The van der Waals surface area contributed by atoms with Crippen LogP contribution in [0.15, 0.2) is 18.2 Å². The van der Waals surface area contributed by atoms with Crippen molar-refractivity contribution in [1.29, 1.82) is 0 Å². The topological polar surface area (TPSA) is 72.3 Å². The molecule has 0 aromatic heterocycles. The van der Waals surface area contributed by atoms with E-state index in [1.165, 1.54) is 6.07 Å². The van der Waals surface area contributed by atoms with Crippen LogP contribution < -0.4 is 16.4 Å². The molecule has 1 heterocycles. The lowest BCUT2D eigenvalue weighted by atomic mass is 10.1. The highest BCUT2D eigenvalue weighted by atomic mass is 19.1. The number of rotatable bonds is 3. The highest BCUT2D eigenvalue weighted by Crippen LogP contribution is 2.28. The van der Waals surface area contributed by atoms with E-state index in [0.29, 0.717) is 25.2 Å². The number of nitrogens with zero attached hydrogens (tertiary/aromatic N) is 1. The molecule has 4 N–H and O–H groups in total. The molecule has 1 amide bonds. The van der Waals surface area contributed by atoms with E-state index >= 15 is 0 Å². The minimum atomic E-state index is -0.398. The Kier molecular flexibility index (Phi) is 3.28. The minimum Gasteiger partial charge on any atom is -0.368 e. The maximum atomic E-state index is 13.9. The molecule has 1 aliphatic rings. The molecule has 0 aliphatic carbocycles. The average Bonchev–Trinajstić information content (AvgIpc) is 2.77. The van der Waals surface area contributed by atoms with Gasteiger partial charge in [0.1, 0.15) is 11.9 Å². The first-order valence-electron chi connectivity index (χ1n) is 5.68. The lowest BCUT2D eigenvalue weighted by Crippen LogP contribution is -2.40. The van der Waals surface area contributed by atoms with E-state index in [1.807, 2.05) is 0 Å². The molecular weight excluding hydrogens is 221 g/mol. The quantitative estimate of drug-likeness (QED) is 0.814. The van der Waals surface area contributed by atoms with Gasteiger partial charge in [-0.05, 0) is 30.5 Å². The van der Waals surface area contributed by atoms with E-state index in [9.17, 15) is 9.18 Å². The molecule has 0 bridgehead atoms. The van der Waals surface area contributed by atoms with Gasteiger partial charge in [-0.1, -0.05) is 6.07 Å². The van der Waals surface area contributed by atoms with Crippen molar-refractivity contribution in [3.05, 3.63) is 29.6 Å². The van der Waals surface area contributed by atoms with Crippen molar-refractivity contribution < 1.29 is 9.18 Å². The summed E-state index contributed by atoms with van der Waals surface area (Å²) in [5.41, 5.74) is 11.9. The second kappa shape index (κ2) is 4.71.